The molecular formula is C14H14BrFN2. The molecule has 0 saturated heterocycles. The number of hydrogen-bond acceptors (Lipinski definition) is 2. The molecule has 18 heavy (non-hydrogen) atoms. The summed E-state index contributed by atoms with van der Waals surface area (Å²) in [5.41, 5.74) is 2.46. The lowest BCUT2D eigenvalue weighted by atomic mass is 10.1. The number of pyridine rings is 1. The van der Waals surface area contributed by atoms with Gasteiger partial charge in [0.2, 0.25) is 0 Å². The molecule has 1 aromatic carbocycles. The summed E-state index contributed by atoms with van der Waals surface area (Å²) in [5, 5.41) is 3.27. The van der Waals surface area contributed by atoms with E-state index in [1.807, 2.05) is 26.0 Å². The number of nitrogens with zero attached hydrogens (tertiary/aromatic N) is 1. The van der Waals surface area contributed by atoms with Crippen LogP contribution in [0.4, 0.5) is 10.1 Å². The second kappa shape index (κ2) is 5.48. The summed E-state index contributed by atoms with van der Waals surface area (Å²) < 4.78 is 14.6. The molecular weight excluding hydrogens is 295 g/mol. The van der Waals surface area contributed by atoms with Gasteiger partial charge < -0.3 is 5.32 Å². The highest BCUT2D eigenvalue weighted by molar-refractivity contribution is 9.10. The minimum absolute atomic E-state index is 0.120. The van der Waals surface area contributed by atoms with Crippen LogP contribution in [0.15, 0.2) is 41.0 Å². The van der Waals surface area contributed by atoms with Gasteiger partial charge in [-0.25, -0.2) is 4.39 Å². The number of benzene rings is 1. The minimum atomic E-state index is -0.209. The van der Waals surface area contributed by atoms with Crippen molar-refractivity contribution in [1.82, 2.24) is 4.98 Å². The predicted octanol–water partition coefficient (Wildman–Crippen LogP) is 4.46. The van der Waals surface area contributed by atoms with Crippen LogP contribution in [-0.4, -0.2) is 4.98 Å². The highest BCUT2D eigenvalue weighted by Gasteiger charge is 2.12. The molecule has 2 rings (SSSR count). The van der Waals surface area contributed by atoms with Crippen molar-refractivity contribution >= 4 is 21.6 Å². The van der Waals surface area contributed by atoms with E-state index in [0.717, 1.165) is 15.9 Å². The van der Waals surface area contributed by atoms with Gasteiger partial charge >= 0.3 is 0 Å². The zero-order chi connectivity index (χ0) is 13.1. The van der Waals surface area contributed by atoms with Gasteiger partial charge in [0, 0.05) is 16.2 Å². The van der Waals surface area contributed by atoms with Crippen LogP contribution < -0.4 is 5.32 Å². The van der Waals surface area contributed by atoms with E-state index in [2.05, 4.69) is 26.2 Å². The molecule has 1 atom stereocenters. The molecule has 0 fully saturated rings. The first kappa shape index (κ1) is 13.0. The fourth-order valence-electron chi connectivity index (χ4n) is 1.79. The molecule has 0 radical (unpaired) electrons. The maximum Gasteiger partial charge on any atom is 0.128 e. The summed E-state index contributed by atoms with van der Waals surface area (Å²) in [7, 11) is 0. The molecule has 0 bridgehead atoms. The lowest BCUT2D eigenvalue weighted by Gasteiger charge is -2.17. The Morgan fingerprint density at radius 3 is 2.83 bits per heavy atom. The minimum Gasteiger partial charge on any atom is -0.377 e. The van der Waals surface area contributed by atoms with Gasteiger partial charge in [-0.1, -0.05) is 15.9 Å². The second-order valence-corrected chi connectivity index (χ2v) is 5.08. The van der Waals surface area contributed by atoms with Gasteiger partial charge in [-0.15, -0.1) is 0 Å². The average molecular weight is 309 g/mol. The van der Waals surface area contributed by atoms with Crippen molar-refractivity contribution in [3.8, 4) is 0 Å². The molecule has 2 aromatic rings. The Labute approximate surface area is 114 Å². The average Bonchev–Trinajstić information content (AvgIpc) is 2.35. The van der Waals surface area contributed by atoms with Crippen molar-refractivity contribution in [2.75, 3.05) is 5.32 Å². The molecule has 4 heteroatoms. The van der Waals surface area contributed by atoms with Crippen LogP contribution in [0.25, 0.3) is 0 Å². The molecule has 0 aliphatic carbocycles. The van der Waals surface area contributed by atoms with Gasteiger partial charge in [-0.2, -0.15) is 0 Å². The van der Waals surface area contributed by atoms with E-state index in [1.165, 1.54) is 6.07 Å². The van der Waals surface area contributed by atoms with Crippen LogP contribution in [-0.2, 0) is 0 Å². The van der Waals surface area contributed by atoms with Crippen LogP contribution in [0, 0.1) is 12.7 Å². The summed E-state index contributed by atoms with van der Waals surface area (Å²) in [6.45, 7) is 3.85. The molecule has 1 unspecified atom stereocenters. The Balaban J connectivity index is 2.25. The van der Waals surface area contributed by atoms with Gasteiger partial charge in [0.25, 0.3) is 0 Å². The molecule has 0 saturated carbocycles. The third-order valence-corrected chi connectivity index (χ3v) is 3.30. The zero-order valence-electron chi connectivity index (χ0n) is 10.2. The number of rotatable bonds is 3. The number of hydrogen-bond donors (Lipinski definition) is 1. The SMILES string of the molecule is Cc1ncccc1NC(C)c1cc(Br)ccc1F. The van der Waals surface area contributed by atoms with Crippen molar-refractivity contribution in [1.29, 1.82) is 0 Å². The Kier molecular flexibility index (Phi) is 3.97. The Bertz CT molecular complexity index is 557. The van der Waals surface area contributed by atoms with Crippen molar-refractivity contribution in [2.45, 2.75) is 19.9 Å². The number of nitrogens with one attached hydrogen (secondary N) is 1. The van der Waals surface area contributed by atoms with Crippen molar-refractivity contribution in [3.05, 3.63) is 58.1 Å². The summed E-state index contributed by atoms with van der Waals surface area (Å²) in [6, 6.07) is 8.63. The Morgan fingerprint density at radius 1 is 1.33 bits per heavy atom. The van der Waals surface area contributed by atoms with Gasteiger partial charge in [0.1, 0.15) is 5.82 Å². The standard InChI is InChI=1S/C14H14BrFN2/c1-9(12-8-11(15)5-6-13(12)16)18-14-4-3-7-17-10(14)2/h3-9,18H,1-2H3. The largest absolute Gasteiger partial charge is 0.377 e. The number of aromatic nitrogens is 1. The van der Waals surface area contributed by atoms with Gasteiger partial charge in [-0.3, -0.25) is 4.98 Å². The van der Waals surface area contributed by atoms with Crippen molar-refractivity contribution < 1.29 is 4.39 Å². The number of halogens is 2. The van der Waals surface area contributed by atoms with Crippen LogP contribution >= 0.6 is 15.9 Å². The zero-order valence-corrected chi connectivity index (χ0v) is 11.8. The predicted molar refractivity (Wildman–Crippen MR) is 75.1 cm³/mol. The van der Waals surface area contributed by atoms with Crippen LogP contribution in [0.2, 0.25) is 0 Å². The number of anilines is 1. The first-order chi connectivity index (χ1) is 8.58. The molecule has 94 valence electrons. The van der Waals surface area contributed by atoms with E-state index >= 15 is 0 Å². The van der Waals surface area contributed by atoms with Crippen LogP contribution in [0.5, 0.6) is 0 Å². The highest BCUT2D eigenvalue weighted by atomic mass is 79.9. The second-order valence-electron chi connectivity index (χ2n) is 4.17. The summed E-state index contributed by atoms with van der Waals surface area (Å²) in [6.07, 6.45) is 1.74. The van der Waals surface area contributed by atoms with Crippen LogP contribution in [0.3, 0.4) is 0 Å². The maximum atomic E-state index is 13.7. The van der Waals surface area contributed by atoms with Gasteiger partial charge in [-0.05, 0) is 44.2 Å². The highest BCUT2D eigenvalue weighted by Crippen LogP contribution is 2.25. The van der Waals surface area contributed by atoms with E-state index in [-0.39, 0.29) is 11.9 Å². The summed E-state index contributed by atoms with van der Waals surface area (Å²) in [4.78, 5) is 4.20. The first-order valence-corrected chi connectivity index (χ1v) is 6.50. The summed E-state index contributed by atoms with van der Waals surface area (Å²) in [5.74, 6) is -0.209. The third-order valence-electron chi connectivity index (χ3n) is 2.80. The van der Waals surface area contributed by atoms with Gasteiger partial charge in [0.15, 0.2) is 0 Å². The smallest absolute Gasteiger partial charge is 0.128 e. The third kappa shape index (κ3) is 2.88. The lowest BCUT2D eigenvalue weighted by molar-refractivity contribution is 0.600. The fraction of sp³-hybridized carbons (Fsp3) is 0.214. The van der Waals surface area contributed by atoms with E-state index in [9.17, 15) is 4.39 Å². The van der Waals surface area contributed by atoms with Crippen molar-refractivity contribution in [3.63, 3.8) is 0 Å². The Hall–Kier alpha value is -1.42. The van der Waals surface area contributed by atoms with Gasteiger partial charge in [0.05, 0.1) is 17.4 Å². The number of aryl methyl sites for hydroxylation is 1. The first-order valence-electron chi connectivity index (χ1n) is 5.71. The van der Waals surface area contributed by atoms with Crippen molar-refractivity contribution in [2.24, 2.45) is 0 Å². The molecule has 0 aliphatic heterocycles. The molecule has 0 aliphatic rings. The van der Waals surface area contributed by atoms with E-state index < -0.39 is 0 Å². The van der Waals surface area contributed by atoms with E-state index in [1.54, 1.807) is 18.3 Å². The molecule has 0 amide bonds. The molecule has 2 nitrogen and oxygen atoms in total. The van der Waals surface area contributed by atoms with E-state index in [4.69, 9.17) is 0 Å². The monoisotopic (exact) mass is 308 g/mol. The van der Waals surface area contributed by atoms with Crippen LogP contribution in [0.1, 0.15) is 24.2 Å². The topological polar surface area (TPSA) is 24.9 Å². The fourth-order valence-corrected chi connectivity index (χ4v) is 2.17. The molecule has 1 heterocycles. The Morgan fingerprint density at radius 2 is 2.11 bits per heavy atom. The lowest BCUT2D eigenvalue weighted by Crippen LogP contribution is -2.10. The quantitative estimate of drug-likeness (QED) is 0.905. The summed E-state index contributed by atoms with van der Waals surface area (Å²) >= 11 is 3.36. The normalized spacial score (nSPS) is 12.2. The molecule has 1 N–H and O–H groups in total. The molecule has 1 aromatic heterocycles. The molecule has 0 spiro atoms. The maximum absolute atomic E-state index is 13.7. The van der Waals surface area contributed by atoms with E-state index in [0.29, 0.717) is 5.56 Å².